The summed E-state index contributed by atoms with van der Waals surface area (Å²) in [6.07, 6.45) is 0.183. The Bertz CT molecular complexity index is 321. The molecule has 0 aromatic carbocycles. The third-order valence-corrected chi connectivity index (χ3v) is 2.90. The minimum atomic E-state index is -0.377. The van der Waals surface area contributed by atoms with Crippen molar-refractivity contribution in [2.24, 2.45) is 11.5 Å². The summed E-state index contributed by atoms with van der Waals surface area (Å²) in [7, 11) is 0. The number of hydrogen-bond acceptors (Lipinski definition) is 4. The molecule has 72 valence electrons. The van der Waals surface area contributed by atoms with Gasteiger partial charge in [-0.05, 0) is 13.8 Å². The van der Waals surface area contributed by atoms with Gasteiger partial charge in [0.05, 0.1) is 10.7 Å². The molecule has 0 saturated carbocycles. The molecular formula is C8H13N3OS. The lowest BCUT2D eigenvalue weighted by Gasteiger charge is -2.06. The Kier molecular flexibility index (Phi) is 3.00. The molecule has 1 rings (SSSR count). The highest BCUT2D eigenvalue weighted by atomic mass is 32.1. The molecule has 0 fully saturated rings. The lowest BCUT2D eigenvalue weighted by molar-refractivity contribution is -0.118. The molecule has 0 aliphatic carbocycles. The van der Waals surface area contributed by atoms with E-state index in [2.05, 4.69) is 4.98 Å². The van der Waals surface area contributed by atoms with Crippen LogP contribution in [0.2, 0.25) is 0 Å². The zero-order valence-electron chi connectivity index (χ0n) is 7.70. The molecule has 5 heteroatoms. The van der Waals surface area contributed by atoms with Crippen molar-refractivity contribution in [2.45, 2.75) is 26.3 Å². The van der Waals surface area contributed by atoms with Crippen molar-refractivity contribution in [2.75, 3.05) is 0 Å². The van der Waals surface area contributed by atoms with E-state index < -0.39 is 0 Å². The maximum absolute atomic E-state index is 10.6. The van der Waals surface area contributed by atoms with E-state index in [0.717, 1.165) is 15.6 Å². The standard InChI is InChI=1S/C8H13N3OS/c1-4-8(13-5(2)11-4)6(9)3-7(10)12/h6H,3,9H2,1-2H3,(H2,10,12)/t6-/m1/s1. The summed E-state index contributed by atoms with van der Waals surface area (Å²) in [4.78, 5) is 15.8. The van der Waals surface area contributed by atoms with Crippen LogP contribution in [0, 0.1) is 13.8 Å². The molecule has 1 atom stereocenters. The largest absolute Gasteiger partial charge is 0.370 e. The van der Waals surface area contributed by atoms with E-state index in [0.29, 0.717) is 0 Å². The number of aryl methyl sites for hydroxylation is 2. The molecule has 0 aliphatic rings. The summed E-state index contributed by atoms with van der Waals surface area (Å²) in [6, 6.07) is -0.302. The fraction of sp³-hybridized carbons (Fsp3) is 0.500. The lowest BCUT2D eigenvalue weighted by Crippen LogP contribution is -2.20. The molecule has 0 bridgehead atoms. The quantitative estimate of drug-likeness (QED) is 0.749. The fourth-order valence-corrected chi connectivity index (χ4v) is 2.13. The predicted octanol–water partition coefficient (Wildman–Crippen LogP) is 0.635. The second-order valence-corrected chi connectivity index (χ2v) is 4.19. The predicted molar refractivity (Wildman–Crippen MR) is 52.3 cm³/mol. The number of aromatic nitrogens is 1. The van der Waals surface area contributed by atoms with Crippen LogP contribution in [0.5, 0.6) is 0 Å². The minimum absolute atomic E-state index is 0.183. The molecule has 4 nitrogen and oxygen atoms in total. The van der Waals surface area contributed by atoms with Crippen LogP contribution in [0.1, 0.15) is 28.0 Å². The topological polar surface area (TPSA) is 82.0 Å². The molecular weight excluding hydrogens is 186 g/mol. The van der Waals surface area contributed by atoms with Gasteiger partial charge in [-0.25, -0.2) is 4.98 Å². The van der Waals surface area contributed by atoms with Crippen LogP contribution < -0.4 is 11.5 Å². The molecule has 0 unspecified atom stereocenters. The number of thiazole rings is 1. The molecule has 1 heterocycles. The first-order chi connectivity index (χ1) is 6.00. The lowest BCUT2D eigenvalue weighted by atomic mass is 10.1. The van der Waals surface area contributed by atoms with Crippen molar-refractivity contribution < 1.29 is 4.79 Å². The van der Waals surface area contributed by atoms with E-state index >= 15 is 0 Å². The zero-order valence-corrected chi connectivity index (χ0v) is 8.52. The van der Waals surface area contributed by atoms with Crippen molar-refractivity contribution in [1.29, 1.82) is 0 Å². The third kappa shape index (κ3) is 2.50. The Morgan fingerprint density at radius 2 is 2.23 bits per heavy atom. The molecule has 1 aromatic heterocycles. The number of nitrogens with two attached hydrogens (primary N) is 2. The van der Waals surface area contributed by atoms with Crippen molar-refractivity contribution >= 4 is 17.2 Å². The number of carbonyl (C=O) groups excluding carboxylic acids is 1. The molecule has 4 N–H and O–H groups in total. The number of nitrogens with zero attached hydrogens (tertiary/aromatic N) is 1. The van der Waals surface area contributed by atoms with Crippen LogP contribution in [-0.4, -0.2) is 10.9 Å². The second-order valence-electron chi connectivity index (χ2n) is 2.96. The van der Waals surface area contributed by atoms with E-state index in [1.807, 2.05) is 13.8 Å². The Morgan fingerprint density at radius 1 is 1.62 bits per heavy atom. The molecule has 0 aliphatic heterocycles. The first-order valence-electron chi connectivity index (χ1n) is 3.98. The SMILES string of the molecule is Cc1nc(C)c([C@H](N)CC(N)=O)s1. The third-order valence-electron chi connectivity index (χ3n) is 1.70. The highest BCUT2D eigenvalue weighted by molar-refractivity contribution is 7.11. The van der Waals surface area contributed by atoms with E-state index in [1.54, 1.807) is 0 Å². The Labute approximate surface area is 81.0 Å². The van der Waals surface area contributed by atoms with Gasteiger partial charge in [0.2, 0.25) is 5.91 Å². The molecule has 0 spiro atoms. The highest BCUT2D eigenvalue weighted by Crippen LogP contribution is 2.24. The Hall–Kier alpha value is -0.940. The van der Waals surface area contributed by atoms with Gasteiger partial charge in [-0.15, -0.1) is 11.3 Å². The van der Waals surface area contributed by atoms with Gasteiger partial charge in [0, 0.05) is 17.3 Å². The summed E-state index contributed by atoms with van der Waals surface area (Å²) >= 11 is 1.52. The van der Waals surface area contributed by atoms with Crippen LogP contribution in [0.15, 0.2) is 0 Å². The van der Waals surface area contributed by atoms with Gasteiger partial charge < -0.3 is 11.5 Å². The second kappa shape index (κ2) is 3.85. The van der Waals surface area contributed by atoms with Crippen LogP contribution >= 0.6 is 11.3 Å². The summed E-state index contributed by atoms with van der Waals surface area (Å²) in [6.45, 7) is 3.80. The molecule has 0 radical (unpaired) electrons. The van der Waals surface area contributed by atoms with Gasteiger partial charge in [-0.1, -0.05) is 0 Å². The maximum Gasteiger partial charge on any atom is 0.219 e. The summed E-state index contributed by atoms with van der Waals surface area (Å²) in [5, 5.41) is 0.965. The average molecular weight is 199 g/mol. The van der Waals surface area contributed by atoms with E-state index in [4.69, 9.17) is 11.5 Å². The minimum Gasteiger partial charge on any atom is -0.370 e. The number of amides is 1. The Balaban J connectivity index is 2.81. The van der Waals surface area contributed by atoms with Crippen LogP contribution in [0.3, 0.4) is 0 Å². The smallest absolute Gasteiger partial charge is 0.219 e. The Morgan fingerprint density at radius 3 is 2.62 bits per heavy atom. The van der Waals surface area contributed by atoms with E-state index in [9.17, 15) is 4.79 Å². The summed E-state index contributed by atoms with van der Waals surface area (Å²) in [5.74, 6) is -0.377. The summed E-state index contributed by atoms with van der Waals surface area (Å²) < 4.78 is 0. The average Bonchev–Trinajstić information content (AvgIpc) is 2.28. The first kappa shape index (κ1) is 10.1. The van der Waals surface area contributed by atoms with Gasteiger partial charge in [0.1, 0.15) is 0 Å². The number of carbonyl (C=O) groups is 1. The van der Waals surface area contributed by atoms with Gasteiger partial charge in [0.25, 0.3) is 0 Å². The van der Waals surface area contributed by atoms with Crippen LogP contribution in [0.4, 0.5) is 0 Å². The molecule has 1 amide bonds. The van der Waals surface area contributed by atoms with Crippen LogP contribution in [-0.2, 0) is 4.79 Å². The van der Waals surface area contributed by atoms with E-state index in [1.165, 1.54) is 11.3 Å². The van der Waals surface area contributed by atoms with Gasteiger partial charge in [-0.2, -0.15) is 0 Å². The van der Waals surface area contributed by atoms with Crippen molar-refractivity contribution in [3.63, 3.8) is 0 Å². The number of hydrogen-bond donors (Lipinski definition) is 2. The van der Waals surface area contributed by atoms with Crippen molar-refractivity contribution in [1.82, 2.24) is 4.98 Å². The first-order valence-corrected chi connectivity index (χ1v) is 4.80. The summed E-state index contributed by atoms with van der Waals surface area (Å²) in [5.41, 5.74) is 11.7. The molecule has 0 saturated heterocycles. The monoisotopic (exact) mass is 199 g/mol. The maximum atomic E-state index is 10.6. The highest BCUT2D eigenvalue weighted by Gasteiger charge is 2.15. The van der Waals surface area contributed by atoms with E-state index in [-0.39, 0.29) is 18.4 Å². The molecule has 13 heavy (non-hydrogen) atoms. The molecule has 1 aromatic rings. The number of primary amides is 1. The van der Waals surface area contributed by atoms with Gasteiger partial charge >= 0.3 is 0 Å². The van der Waals surface area contributed by atoms with Gasteiger partial charge in [-0.3, -0.25) is 4.79 Å². The number of rotatable bonds is 3. The van der Waals surface area contributed by atoms with Gasteiger partial charge in [0.15, 0.2) is 0 Å². The van der Waals surface area contributed by atoms with Crippen LogP contribution in [0.25, 0.3) is 0 Å². The normalized spacial score (nSPS) is 12.8. The van der Waals surface area contributed by atoms with Crippen molar-refractivity contribution in [3.05, 3.63) is 15.6 Å². The van der Waals surface area contributed by atoms with Crippen molar-refractivity contribution in [3.8, 4) is 0 Å². The zero-order chi connectivity index (χ0) is 10.0. The fourth-order valence-electron chi connectivity index (χ4n) is 1.20.